The highest BCUT2D eigenvalue weighted by atomic mass is 35.5. The zero-order valence-corrected chi connectivity index (χ0v) is 14.1. The number of rotatable bonds is 6. The Balaban J connectivity index is 1.65. The van der Waals surface area contributed by atoms with Crippen LogP contribution in [-0.2, 0) is 17.3 Å². The van der Waals surface area contributed by atoms with Crippen molar-refractivity contribution in [3.8, 4) is 0 Å². The molecule has 1 fully saturated rings. The number of nitrogens with zero attached hydrogens (tertiary/aromatic N) is 2. The van der Waals surface area contributed by atoms with Crippen LogP contribution >= 0.6 is 11.6 Å². The fourth-order valence-electron chi connectivity index (χ4n) is 2.92. The summed E-state index contributed by atoms with van der Waals surface area (Å²) in [6, 6.07) is 7.54. The van der Waals surface area contributed by atoms with Gasteiger partial charge in [0.2, 0.25) is 5.91 Å². The molecule has 0 radical (unpaired) electrons. The quantitative estimate of drug-likeness (QED) is 0.852. The fourth-order valence-corrected chi connectivity index (χ4v) is 3.04. The molecular weight excluding hydrogens is 312 g/mol. The third kappa shape index (κ3) is 3.41. The Morgan fingerprint density at radius 1 is 1.39 bits per heavy atom. The van der Waals surface area contributed by atoms with Gasteiger partial charge in [0.1, 0.15) is 6.04 Å². The summed E-state index contributed by atoms with van der Waals surface area (Å²) in [5.41, 5.74) is 2.17. The van der Waals surface area contributed by atoms with Crippen LogP contribution < -0.4 is 10.6 Å². The lowest BCUT2D eigenvalue weighted by atomic mass is 9.96. The van der Waals surface area contributed by atoms with Gasteiger partial charge in [0, 0.05) is 35.8 Å². The highest BCUT2D eigenvalue weighted by Gasteiger charge is 2.44. The first kappa shape index (κ1) is 16.0. The molecular formula is C17H21ClN4O. The van der Waals surface area contributed by atoms with Gasteiger partial charge in [0.05, 0.1) is 6.20 Å². The van der Waals surface area contributed by atoms with Gasteiger partial charge in [-0.1, -0.05) is 23.7 Å². The number of hydrogen-bond donors (Lipinski definition) is 2. The van der Waals surface area contributed by atoms with Crippen molar-refractivity contribution in [1.29, 1.82) is 0 Å². The number of likely N-dealkylation sites (N-methyl/N-ethyl adjacent to an activating group) is 1. The van der Waals surface area contributed by atoms with Crippen molar-refractivity contribution in [2.24, 2.45) is 7.05 Å². The Morgan fingerprint density at radius 2 is 2.09 bits per heavy atom. The SMILES string of the molecule is CNC(C(=O)NCC1(c2ccc(Cl)cc2)CC1)c1cnn(C)c1. The lowest BCUT2D eigenvalue weighted by Gasteiger charge is -2.20. The topological polar surface area (TPSA) is 59.0 Å². The number of aromatic nitrogens is 2. The number of halogens is 1. The molecule has 1 amide bonds. The summed E-state index contributed by atoms with van der Waals surface area (Å²) in [5.74, 6) is -0.0271. The third-order valence-electron chi connectivity index (χ3n) is 4.52. The van der Waals surface area contributed by atoms with Crippen molar-refractivity contribution >= 4 is 17.5 Å². The first-order valence-electron chi connectivity index (χ1n) is 7.74. The van der Waals surface area contributed by atoms with Crippen LogP contribution in [0.5, 0.6) is 0 Å². The second-order valence-corrected chi connectivity index (χ2v) is 6.61. The lowest BCUT2D eigenvalue weighted by Crippen LogP contribution is -2.39. The smallest absolute Gasteiger partial charge is 0.241 e. The maximum atomic E-state index is 12.5. The van der Waals surface area contributed by atoms with Crippen molar-refractivity contribution < 1.29 is 4.79 Å². The van der Waals surface area contributed by atoms with Crippen LogP contribution in [-0.4, -0.2) is 29.3 Å². The van der Waals surface area contributed by atoms with Crippen molar-refractivity contribution in [2.75, 3.05) is 13.6 Å². The van der Waals surface area contributed by atoms with Crippen LogP contribution in [0.15, 0.2) is 36.7 Å². The van der Waals surface area contributed by atoms with Gasteiger partial charge in [-0.25, -0.2) is 0 Å². The second kappa shape index (κ2) is 6.34. The standard InChI is InChI=1S/C17H21ClN4O/c1-19-15(12-9-21-22(2)10-12)16(23)20-11-17(7-8-17)13-3-5-14(18)6-4-13/h3-6,9-10,15,19H,7-8,11H2,1-2H3,(H,20,23). The molecule has 3 rings (SSSR count). The van der Waals surface area contributed by atoms with E-state index in [1.807, 2.05) is 25.4 Å². The summed E-state index contributed by atoms with van der Waals surface area (Å²) in [6.45, 7) is 0.645. The second-order valence-electron chi connectivity index (χ2n) is 6.17. The van der Waals surface area contributed by atoms with Crippen molar-refractivity contribution in [2.45, 2.75) is 24.3 Å². The number of nitrogens with one attached hydrogen (secondary N) is 2. The number of carbonyl (C=O) groups is 1. The number of carbonyl (C=O) groups excluding carboxylic acids is 1. The van der Waals surface area contributed by atoms with E-state index in [1.54, 1.807) is 17.9 Å². The normalized spacial score (nSPS) is 16.8. The Bertz CT molecular complexity index is 691. The molecule has 0 saturated heterocycles. The molecule has 1 heterocycles. The fraction of sp³-hybridized carbons (Fsp3) is 0.412. The minimum Gasteiger partial charge on any atom is -0.354 e. The van der Waals surface area contributed by atoms with Crippen molar-refractivity contribution in [3.05, 3.63) is 52.8 Å². The Labute approximate surface area is 141 Å². The van der Waals surface area contributed by atoms with Crippen molar-refractivity contribution in [3.63, 3.8) is 0 Å². The van der Waals surface area contributed by atoms with Gasteiger partial charge >= 0.3 is 0 Å². The molecule has 1 aliphatic rings. The van der Waals surface area contributed by atoms with Crippen molar-refractivity contribution in [1.82, 2.24) is 20.4 Å². The molecule has 2 N–H and O–H groups in total. The monoisotopic (exact) mass is 332 g/mol. The third-order valence-corrected chi connectivity index (χ3v) is 4.77. The maximum absolute atomic E-state index is 12.5. The molecule has 1 aromatic carbocycles. The molecule has 2 aromatic rings. The van der Waals surface area contributed by atoms with E-state index in [4.69, 9.17) is 11.6 Å². The molecule has 6 heteroatoms. The number of benzene rings is 1. The summed E-state index contributed by atoms with van der Waals surface area (Å²) < 4.78 is 1.70. The van der Waals surface area contributed by atoms with Crippen LogP contribution in [0.25, 0.3) is 0 Å². The number of amides is 1. The first-order chi connectivity index (χ1) is 11.0. The van der Waals surface area contributed by atoms with Crippen LogP contribution in [0.3, 0.4) is 0 Å². The molecule has 1 atom stereocenters. The minimum atomic E-state index is -0.385. The molecule has 1 aliphatic carbocycles. The van der Waals surface area contributed by atoms with E-state index in [0.29, 0.717) is 6.54 Å². The summed E-state index contributed by atoms with van der Waals surface area (Å²) in [4.78, 5) is 12.5. The molecule has 1 saturated carbocycles. The predicted octanol–water partition coefficient (Wildman–Crippen LogP) is 2.18. The van der Waals surface area contributed by atoms with E-state index in [2.05, 4.69) is 27.9 Å². The molecule has 1 unspecified atom stereocenters. The van der Waals surface area contributed by atoms with Gasteiger partial charge in [0.25, 0.3) is 0 Å². The highest BCUT2D eigenvalue weighted by molar-refractivity contribution is 6.30. The summed E-state index contributed by atoms with van der Waals surface area (Å²) >= 11 is 5.95. The molecule has 122 valence electrons. The average molecular weight is 333 g/mol. The zero-order chi connectivity index (χ0) is 16.4. The Morgan fingerprint density at radius 3 is 2.61 bits per heavy atom. The minimum absolute atomic E-state index is 0.0271. The Kier molecular flexibility index (Phi) is 4.41. The van der Waals surface area contributed by atoms with Crippen LogP contribution in [0.4, 0.5) is 0 Å². The summed E-state index contributed by atoms with van der Waals surface area (Å²) in [7, 11) is 3.62. The summed E-state index contributed by atoms with van der Waals surface area (Å²) in [6.07, 6.45) is 5.75. The average Bonchev–Trinajstić information content (AvgIpc) is 3.22. The van der Waals surface area contributed by atoms with Gasteiger partial charge in [-0.2, -0.15) is 5.10 Å². The van der Waals surface area contributed by atoms with E-state index in [0.717, 1.165) is 23.4 Å². The van der Waals surface area contributed by atoms with Crippen LogP contribution in [0.1, 0.15) is 30.0 Å². The molecule has 0 bridgehead atoms. The molecule has 1 aromatic heterocycles. The molecule has 0 aliphatic heterocycles. The van der Waals surface area contributed by atoms with Gasteiger partial charge in [-0.3, -0.25) is 9.48 Å². The molecule has 5 nitrogen and oxygen atoms in total. The molecule has 23 heavy (non-hydrogen) atoms. The van der Waals surface area contributed by atoms with Gasteiger partial charge in [-0.15, -0.1) is 0 Å². The van der Waals surface area contributed by atoms with E-state index in [1.165, 1.54) is 5.56 Å². The van der Waals surface area contributed by atoms with Crippen LogP contribution in [0.2, 0.25) is 5.02 Å². The van der Waals surface area contributed by atoms with E-state index >= 15 is 0 Å². The van der Waals surface area contributed by atoms with Gasteiger partial charge in [-0.05, 0) is 37.6 Å². The molecule has 0 spiro atoms. The van der Waals surface area contributed by atoms with E-state index in [9.17, 15) is 4.79 Å². The Hall–Kier alpha value is -1.85. The number of hydrogen-bond acceptors (Lipinski definition) is 3. The maximum Gasteiger partial charge on any atom is 0.241 e. The van der Waals surface area contributed by atoms with Crippen LogP contribution in [0, 0.1) is 0 Å². The predicted molar refractivity (Wildman–Crippen MR) is 90.4 cm³/mol. The number of aryl methyl sites for hydroxylation is 1. The van der Waals surface area contributed by atoms with E-state index in [-0.39, 0.29) is 17.4 Å². The lowest BCUT2D eigenvalue weighted by molar-refractivity contribution is -0.123. The largest absolute Gasteiger partial charge is 0.354 e. The van der Waals surface area contributed by atoms with Gasteiger partial charge < -0.3 is 10.6 Å². The van der Waals surface area contributed by atoms with E-state index < -0.39 is 0 Å². The summed E-state index contributed by atoms with van der Waals surface area (Å²) in [5, 5.41) is 11.0. The first-order valence-corrected chi connectivity index (χ1v) is 8.11. The zero-order valence-electron chi connectivity index (χ0n) is 13.3. The van der Waals surface area contributed by atoms with Gasteiger partial charge in [0.15, 0.2) is 0 Å². The highest BCUT2D eigenvalue weighted by Crippen LogP contribution is 2.47.